The summed E-state index contributed by atoms with van der Waals surface area (Å²) in [5.41, 5.74) is 0. The van der Waals surface area contributed by atoms with Crippen molar-refractivity contribution in [3.05, 3.63) is 24.8 Å². The summed E-state index contributed by atoms with van der Waals surface area (Å²) in [7, 11) is 0. The Morgan fingerprint density at radius 2 is 2.40 bits per heavy atom. The molecule has 0 aromatic rings. The fourth-order valence-corrected chi connectivity index (χ4v) is 0.118. The molecule has 0 spiro atoms. The van der Waals surface area contributed by atoms with Crippen LogP contribution in [-0.4, -0.2) is 0 Å². The molecule has 1 radical (unpaired) electrons. The minimum Gasteiger partial charge on any atom is -0.0912 e. The lowest BCUT2D eigenvalue weighted by Gasteiger charge is -1.54. The lowest BCUT2D eigenvalue weighted by molar-refractivity contribution is 1.72. The molecule has 0 fully saturated rings. The molecule has 0 aliphatic carbocycles. The van der Waals surface area contributed by atoms with Crippen LogP contribution < -0.4 is 0 Å². The number of hydrogen-bond acceptors (Lipinski definition) is 0. The summed E-state index contributed by atoms with van der Waals surface area (Å²) in [6.07, 6.45) is 6.23. The van der Waals surface area contributed by atoms with Gasteiger partial charge in [0.1, 0.15) is 0 Å². The second-order valence-corrected chi connectivity index (χ2v) is 0.704. The van der Waals surface area contributed by atoms with Crippen molar-refractivity contribution in [2.24, 2.45) is 0 Å². The molecule has 0 unspecified atom stereocenters. The zero-order valence-corrected chi connectivity index (χ0v) is 3.36. The van der Waals surface area contributed by atoms with Gasteiger partial charge in [-0.3, -0.25) is 0 Å². The van der Waals surface area contributed by atoms with Gasteiger partial charge in [-0.25, -0.2) is 0 Å². The van der Waals surface area contributed by atoms with Crippen LogP contribution in [0.3, 0.4) is 0 Å². The Morgan fingerprint density at radius 1 is 1.80 bits per heavy atom. The van der Waals surface area contributed by atoms with E-state index in [9.17, 15) is 0 Å². The standard InChI is InChI=1S/C5H7/c1-3-5-4-2/h4-5H,1H2,2H3/b5-4+. The normalized spacial score (nSPS) is 9.00. The molecule has 0 N–H and O–H groups in total. The highest BCUT2D eigenvalue weighted by atomic mass is 13.5. The van der Waals surface area contributed by atoms with Crippen molar-refractivity contribution in [2.45, 2.75) is 6.92 Å². The summed E-state index contributed by atoms with van der Waals surface area (Å²) in [6.45, 7) is 5.27. The number of rotatable bonds is 1. The van der Waals surface area contributed by atoms with E-state index < -0.39 is 0 Å². The summed E-state index contributed by atoms with van der Waals surface area (Å²) in [5.74, 6) is 0. The molecule has 0 atom stereocenters. The predicted octanol–water partition coefficient (Wildman–Crippen LogP) is 1.55. The quantitative estimate of drug-likeness (QED) is 0.408. The maximum Gasteiger partial charge on any atom is -0.0265 e. The lowest BCUT2D eigenvalue weighted by Crippen LogP contribution is -1.35. The van der Waals surface area contributed by atoms with E-state index in [-0.39, 0.29) is 0 Å². The van der Waals surface area contributed by atoms with Crippen molar-refractivity contribution in [3.63, 3.8) is 0 Å². The highest BCUT2D eigenvalue weighted by molar-refractivity contribution is 4.86. The third-order valence-corrected chi connectivity index (χ3v) is 0.285. The van der Waals surface area contributed by atoms with Gasteiger partial charge in [0.15, 0.2) is 0 Å². The SMILES string of the molecule is C=[C]/C=C/C. The first-order valence-electron chi connectivity index (χ1n) is 1.55. The summed E-state index contributed by atoms with van der Waals surface area (Å²) < 4.78 is 0. The third-order valence-electron chi connectivity index (χ3n) is 0.285. The van der Waals surface area contributed by atoms with Crippen LogP contribution >= 0.6 is 0 Å². The molecule has 27 valence electrons. The number of hydrogen-bond donors (Lipinski definition) is 0. The van der Waals surface area contributed by atoms with Crippen molar-refractivity contribution in [2.75, 3.05) is 0 Å². The number of allylic oxidation sites excluding steroid dienone is 3. The van der Waals surface area contributed by atoms with Gasteiger partial charge in [-0.2, -0.15) is 0 Å². The Kier molecular flexibility index (Phi) is 3.12. The van der Waals surface area contributed by atoms with Crippen LogP contribution in [0.5, 0.6) is 0 Å². The van der Waals surface area contributed by atoms with Crippen LogP contribution in [0.1, 0.15) is 6.92 Å². The van der Waals surface area contributed by atoms with Crippen molar-refractivity contribution in [1.82, 2.24) is 0 Å². The molecule has 0 saturated carbocycles. The molecular formula is C5H7. The average Bonchev–Trinajstić information content (AvgIpc) is 1.41. The molecule has 5 heavy (non-hydrogen) atoms. The maximum atomic E-state index is 3.34. The first-order chi connectivity index (χ1) is 2.41. The van der Waals surface area contributed by atoms with Crippen molar-refractivity contribution < 1.29 is 0 Å². The summed E-state index contributed by atoms with van der Waals surface area (Å²) in [4.78, 5) is 0. The van der Waals surface area contributed by atoms with Crippen molar-refractivity contribution >= 4 is 0 Å². The van der Waals surface area contributed by atoms with Crippen LogP contribution in [0.2, 0.25) is 0 Å². The van der Waals surface area contributed by atoms with Crippen LogP contribution in [0.25, 0.3) is 0 Å². The molecular weight excluding hydrogens is 60.1 g/mol. The van der Waals surface area contributed by atoms with Gasteiger partial charge in [-0.15, -0.1) is 0 Å². The van der Waals surface area contributed by atoms with Crippen LogP contribution in [-0.2, 0) is 0 Å². The maximum absolute atomic E-state index is 3.34. The molecule has 0 heteroatoms. The van der Waals surface area contributed by atoms with E-state index in [4.69, 9.17) is 0 Å². The van der Waals surface area contributed by atoms with E-state index in [0.29, 0.717) is 0 Å². The fourth-order valence-electron chi connectivity index (χ4n) is 0.118. The largest absolute Gasteiger partial charge is 0.0912 e. The molecule has 0 aliphatic rings. The molecule has 0 heterocycles. The van der Waals surface area contributed by atoms with Crippen LogP contribution in [0.15, 0.2) is 18.7 Å². The van der Waals surface area contributed by atoms with E-state index >= 15 is 0 Å². The third kappa shape index (κ3) is 3.48. The van der Waals surface area contributed by atoms with E-state index in [2.05, 4.69) is 12.7 Å². The first kappa shape index (κ1) is 4.48. The fraction of sp³-hybridized carbons (Fsp3) is 0.200. The van der Waals surface area contributed by atoms with E-state index in [1.54, 1.807) is 6.08 Å². The van der Waals surface area contributed by atoms with E-state index in [0.717, 1.165) is 0 Å². The molecule has 0 amide bonds. The van der Waals surface area contributed by atoms with Gasteiger partial charge < -0.3 is 0 Å². The predicted molar refractivity (Wildman–Crippen MR) is 23.7 cm³/mol. The van der Waals surface area contributed by atoms with Gasteiger partial charge in [-0.05, 0) is 13.0 Å². The topological polar surface area (TPSA) is 0 Å². The molecule has 0 aromatic carbocycles. The average molecular weight is 67.1 g/mol. The highest BCUT2D eigenvalue weighted by Crippen LogP contribution is 1.62. The van der Waals surface area contributed by atoms with E-state index in [1.165, 1.54) is 0 Å². The van der Waals surface area contributed by atoms with Crippen molar-refractivity contribution in [1.29, 1.82) is 0 Å². The monoisotopic (exact) mass is 67.1 g/mol. The molecule has 0 aromatic heterocycles. The van der Waals surface area contributed by atoms with Gasteiger partial charge in [0.25, 0.3) is 0 Å². The molecule has 0 saturated heterocycles. The van der Waals surface area contributed by atoms with E-state index in [1.807, 2.05) is 13.0 Å². The summed E-state index contributed by atoms with van der Waals surface area (Å²) in [5, 5.41) is 0. The second-order valence-electron chi connectivity index (χ2n) is 0.704. The van der Waals surface area contributed by atoms with Gasteiger partial charge >= 0.3 is 0 Å². The Bertz CT molecular complexity index is 42.0. The summed E-state index contributed by atoms with van der Waals surface area (Å²) in [6, 6.07) is 0. The smallest absolute Gasteiger partial charge is 0.0265 e. The van der Waals surface area contributed by atoms with Crippen LogP contribution in [0, 0.1) is 6.08 Å². The minimum absolute atomic E-state index is 1.76. The Hall–Kier alpha value is -0.520. The van der Waals surface area contributed by atoms with Gasteiger partial charge in [-0.1, -0.05) is 18.7 Å². The molecule has 0 aliphatic heterocycles. The zero-order valence-electron chi connectivity index (χ0n) is 3.36. The second kappa shape index (κ2) is 3.48. The Labute approximate surface area is 32.8 Å². The van der Waals surface area contributed by atoms with Crippen molar-refractivity contribution in [3.8, 4) is 0 Å². The molecule has 0 rings (SSSR count). The molecule has 0 bridgehead atoms. The minimum atomic E-state index is 1.76. The summed E-state index contributed by atoms with van der Waals surface area (Å²) >= 11 is 0. The zero-order chi connectivity index (χ0) is 4.12. The highest BCUT2D eigenvalue weighted by Gasteiger charge is 1.43. The van der Waals surface area contributed by atoms with Gasteiger partial charge in [0.05, 0.1) is 0 Å². The molecule has 0 nitrogen and oxygen atoms in total. The van der Waals surface area contributed by atoms with Gasteiger partial charge in [0, 0.05) is 0 Å². The Morgan fingerprint density at radius 3 is 2.40 bits per heavy atom. The Balaban J connectivity index is 2.92. The lowest BCUT2D eigenvalue weighted by atomic mass is 10.5. The van der Waals surface area contributed by atoms with Gasteiger partial charge in [0.2, 0.25) is 0 Å². The van der Waals surface area contributed by atoms with Crippen LogP contribution in [0.4, 0.5) is 0 Å². The first-order valence-corrected chi connectivity index (χ1v) is 1.55.